The van der Waals surface area contributed by atoms with Gasteiger partial charge in [-0.1, -0.05) is 15.9 Å². The summed E-state index contributed by atoms with van der Waals surface area (Å²) < 4.78 is 6.48. The zero-order valence-electron chi connectivity index (χ0n) is 7.21. The fraction of sp³-hybridized carbons (Fsp3) is 0.300. The Labute approximate surface area is 85.0 Å². The Morgan fingerprint density at radius 3 is 3.08 bits per heavy atom. The van der Waals surface area contributed by atoms with Crippen LogP contribution in [0.3, 0.4) is 0 Å². The van der Waals surface area contributed by atoms with Crippen LogP contribution in [0.5, 0.6) is 5.75 Å². The highest BCUT2D eigenvalue weighted by Gasteiger charge is 2.25. The Balaban J connectivity index is 2.30. The van der Waals surface area contributed by atoms with E-state index in [1.807, 2.05) is 18.2 Å². The molecule has 2 rings (SSSR count). The molecule has 1 aliphatic heterocycles. The fourth-order valence-electron chi connectivity index (χ4n) is 1.44. The molecule has 0 aromatic heterocycles. The lowest BCUT2D eigenvalue weighted by atomic mass is 10.1. The van der Waals surface area contributed by atoms with Gasteiger partial charge < -0.3 is 4.74 Å². The highest BCUT2D eigenvalue weighted by molar-refractivity contribution is 9.10. The van der Waals surface area contributed by atoms with E-state index >= 15 is 0 Å². The van der Waals surface area contributed by atoms with Gasteiger partial charge in [-0.25, -0.2) is 0 Å². The van der Waals surface area contributed by atoms with Crippen molar-refractivity contribution < 1.29 is 9.53 Å². The zero-order valence-corrected chi connectivity index (χ0v) is 8.80. The predicted octanol–water partition coefficient (Wildman–Crippen LogP) is 2.34. The number of carbonyl (C=O) groups excluding carboxylic acids is 1. The first kappa shape index (κ1) is 8.75. The summed E-state index contributed by atoms with van der Waals surface area (Å²) in [5.74, 6) is 0.927. The van der Waals surface area contributed by atoms with Crippen LogP contribution < -0.4 is 4.74 Å². The van der Waals surface area contributed by atoms with Gasteiger partial charge in [0.05, 0.1) is 0 Å². The van der Waals surface area contributed by atoms with Crippen LogP contribution in [0.2, 0.25) is 0 Å². The van der Waals surface area contributed by atoms with Crippen molar-refractivity contribution in [1.29, 1.82) is 0 Å². The maximum atomic E-state index is 11.1. The second-order valence-corrected chi connectivity index (χ2v) is 4.09. The Kier molecular flexibility index (Phi) is 2.12. The van der Waals surface area contributed by atoms with Crippen molar-refractivity contribution in [2.24, 2.45) is 0 Å². The van der Waals surface area contributed by atoms with E-state index in [1.165, 1.54) is 0 Å². The van der Waals surface area contributed by atoms with Crippen molar-refractivity contribution in [3.8, 4) is 5.75 Å². The second-order valence-electron chi connectivity index (χ2n) is 3.17. The molecule has 68 valence electrons. The largest absolute Gasteiger partial charge is 0.482 e. The fourth-order valence-corrected chi connectivity index (χ4v) is 1.85. The molecule has 0 fully saturated rings. The summed E-state index contributed by atoms with van der Waals surface area (Å²) in [4.78, 5) is 11.1. The highest BCUT2D eigenvalue weighted by Crippen LogP contribution is 2.31. The van der Waals surface area contributed by atoms with E-state index < -0.39 is 0 Å². The third kappa shape index (κ3) is 1.61. The van der Waals surface area contributed by atoms with Crippen LogP contribution in [0.1, 0.15) is 12.5 Å². The number of hydrogen-bond acceptors (Lipinski definition) is 2. The summed E-state index contributed by atoms with van der Waals surface area (Å²) in [7, 11) is 0. The minimum Gasteiger partial charge on any atom is -0.482 e. The zero-order chi connectivity index (χ0) is 9.42. The number of carbonyl (C=O) groups is 1. The topological polar surface area (TPSA) is 26.3 Å². The molecule has 0 saturated carbocycles. The summed E-state index contributed by atoms with van der Waals surface area (Å²) in [6.07, 6.45) is 0.425. The molecule has 3 heteroatoms. The molecule has 13 heavy (non-hydrogen) atoms. The average molecular weight is 241 g/mol. The van der Waals surface area contributed by atoms with E-state index in [9.17, 15) is 4.79 Å². The molecule has 1 unspecified atom stereocenters. The van der Waals surface area contributed by atoms with Gasteiger partial charge in [0.1, 0.15) is 5.75 Å². The molecule has 0 bridgehead atoms. The van der Waals surface area contributed by atoms with E-state index in [4.69, 9.17) is 4.74 Å². The van der Waals surface area contributed by atoms with Crippen LogP contribution in [0.25, 0.3) is 0 Å². The van der Waals surface area contributed by atoms with Crippen LogP contribution >= 0.6 is 15.9 Å². The average Bonchev–Trinajstić information content (AvgIpc) is 2.46. The van der Waals surface area contributed by atoms with Crippen LogP contribution in [-0.4, -0.2) is 11.9 Å². The number of fused-ring (bicyclic) bond motifs is 1. The number of hydrogen-bond donors (Lipinski definition) is 0. The SMILES string of the molecule is CC(=O)C1Cc2cc(Br)ccc2O1. The van der Waals surface area contributed by atoms with Gasteiger partial charge in [0, 0.05) is 10.9 Å². The molecule has 1 aliphatic rings. The lowest BCUT2D eigenvalue weighted by Crippen LogP contribution is -2.21. The Morgan fingerprint density at radius 1 is 1.62 bits per heavy atom. The van der Waals surface area contributed by atoms with E-state index in [2.05, 4.69) is 15.9 Å². The minimum atomic E-state index is -0.274. The smallest absolute Gasteiger partial charge is 0.170 e. The molecule has 0 N–H and O–H groups in total. The van der Waals surface area contributed by atoms with Crippen LogP contribution in [0, 0.1) is 0 Å². The maximum Gasteiger partial charge on any atom is 0.170 e. The Morgan fingerprint density at radius 2 is 2.38 bits per heavy atom. The van der Waals surface area contributed by atoms with E-state index in [1.54, 1.807) is 6.92 Å². The molecular formula is C10H9BrO2. The lowest BCUT2D eigenvalue weighted by Gasteiger charge is -2.04. The number of ether oxygens (including phenoxy) is 1. The van der Waals surface area contributed by atoms with Gasteiger partial charge in [0.15, 0.2) is 11.9 Å². The van der Waals surface area contributed by atoms with Gasteiger partial charge in [0.2, 0.25) is 0 Å². The Hall–Kier alpha value is -0.830. The van der Waals surface area contributed by atoms with Crippen LogP contribution in [-0.2, 0) is 11.2 Å². The molecule has 1 heterocycles. The van der Waals surface area contributed by atoms with Gasteiger partial charge in [-0.05, 0) is 30.7 Å². The van der Waals surface area contributed by atoms with Crippen molar-refractivity contribution in [3.05, 3.63) is 28.2 Å². The van der Waals surface area contributed by atoms with Crippen molar-refractivity contribution in [1.82, 2.24) is 0 Å². The summed E-state index contributed by atoms with van der Waals surface area (Å²) in [5.41, 5.74) is 1.11. The van der Waals surface area contributed by atoms with Crippen molar-refractivity contribution in [2.45, 2.75) is 19.4 Å². The third-order valence-corrected chi connectivity index (χ3v) is 2.64. The lowest BCUT2D eigenvalue weighted by molar-refractivity contribution is -0.122. The predicted molar refractivity (Wildman–Crippen MR) is 52.9 cm³/mol. The second kappa shape index (κ2) is 3.14. The van der Waals surface area contributed by atoms with Gasteiger partial charge in [0.25, 0.3) is 0 Å². The number of ketones is 1. The molecule has 1 atom stereocenters. The molecule has 0 amide bonds. The first-order valence-electron chi connectivity index (χ1n) is 4.12. The van der Waals surface area contributed by atoms with Gasteiger partial charge >= 0.3 is 0 Å². The first-order chi connectivity index (χ1) is 6.16. The highest BCUT2D eigenvalue weighted by atomic mass is 79.9. The molecule has 0 spiro atoms. The van der Waals surface area contributed by atoms with Gasteiger partial charge in [-0.15, -0.1) is 0 Å². The molecule has 2 nitrogen and oxygen atoms in total. The standard InChI is InChI=1S/C10H9BrO2/c1-6(12)10-5-7-4-8(11)2-3-9(7)13-10/h2-4,10H,5H2,1H3. The van der Waals surface area contributed by atoms with Crippen molar-refractivity contribution in [2.75, 3.05) is 0 Å². The summed E-state index contributed by atoms with van der Waals surface area (Å²) in [6, 6.07) is 5.81. The number of halogens is 1. The number of Topliss-reactive ketones (excluding diaryl/α,β-unsaturated/α-hetero) is 1. The quantitative estimate of drug-likeness (QED) is 0.754. The van der Waals surface area contributed by atoms with Gasteiger partial charge in [-0.3, -0.25) is 4.79 Å². The van der Waals surface area contributed by atoms with E-state index in [0.717, 1.165) is 15.8 Å². The Bertz CT molecular complexity index is 360. The van der Waals surface area contributed by atoms with Crippen molar-refractivity contribution in [3.63, 3.8) is 0 Å². The summed E-state index contributed by atoms with van der Waals surface area (Å²) >= 11 is 3.38. The molecule has 0 aliphatic carbocycles. The van der Waals surface area contributed by atoms with Crippen LogP contribution in [0.4, 0.5) is 0 Å². The van der Waals surface area contributed by atoms with Crippen molar-refractivity contribution >= 4 is 21.7 Å². The normalized spacial score (nSPS) is 19.4. The summed E-state index contributed by atoms with van der Waals surface area (Å²) in [5, 5.41) is 0. The molecular weight excluding hydrogens is 232 g/mol. The number of benzene rings is 1. The minimum absolute atomic E-state index is 0.0901. The maximum absolute atomic E-state index is 11.1. The molecule has 0 saturated heterocycles. The number of rotatable bonds is 1. The van der Waals surface area contributed by atoms with E-state index in [-0.39, 0.29) is 11.9 Å². The summed E-state index contributed by atoms with van der Waals surface area (Å²) in [6.45, 7) is 1.56. The monoisotopic (exact) mass is 240 g/mol. The molecule has 1 aromatic rings. The molecule has 1 aromatic carbocycles. The van der Waals surface area contributed by atoms with Gasteiger partial charge in [-0.2, -0.15) is 0 Å². The van der Waals surface area contributed by atoms with E-state index in [0.29, 0.717) is 6.42 Å². The molecule has 0 radical (unpaired) electrons. The first-order valence-corrected chi connectivity index (χ1v) is 4.91. The third-order valence-electron chi connectivity index (χ3n) is 2.15. The van der Waals surface area contributed by atoms with Crippen LogP contribution in [0.15, 0.2) is 22.7 Å².